The standard InChI is InChI=1S/C34H50O10S2/c1-41-32-13-22(14-33(42-2)34(32)40)12-27-28(37)17-25(43-20-36)9-8-23-16-31(29(38)15-24(23)18-45-46-19-30(27)39)44-26-7-3-5-21(11-26)6-4-10-35/h13-16,21,25-28,30,35-40H,3-12,17-20H2,1-2H3. The van der Waals surface area contributed by atoms with Crippen molar-refractivity contribution in [3.63, 3.8) is 0 Å². The van der Waals surface area contributed by atoms with Crippen molar-refractivity contribution in [2.45, 2.75) is 94.4 Å². The van der Waals surface area contributed by atoms with Gasteiger partial charge in [-0.1, -0.05) is 28.0 Å². The average Bonchev–Trinajstić information content (AvgIpc) is 3.05. The largest absolute Gasteiger partial charge is 0.504 e. The molecule has 0 radical (unpaired) electrons. The number of benzene rings is 2. The third-order valence-electron chi connectivity index (χ3n) is 9.17. The SMILES string of the molecule is COc1cc(CC2C(O)CSSCc3cc(O)c(OC4CCCC(CCCO)C4)cc3CCC(OCO)CC2O)cc(OC)c1O. The van der Waals surface area contributed by atoms with Crippen LogP contribution in [0.25, 0.3) is 0 Å². The number of aromatic hydroxyl groups is 2. The molecule has 0 bridgehead atoms. The second kappa shape index (κ2) is 18.5. The lowest BCUT2D eigenvalue weighted by Gasteiger charge is -2.30. The molecule has 1 saturated carbocycles. The van der Waals surface area contributed by atoms with E-state index < -0.39 is 31.0 Å². The van der Waals surface area contributed by atoms with Crippen molar-refractivity contribution in [2.24, 2.45) is 11.8 Å². The molecule has 4 rings (SSSR count). The molecule has 6 unspecified atom stereocenters. The van der Waals surface area contributed by atoms with Crippen LogP contribution in [0.4, 0.5) is 0 Å². The van der Waals surface area contributed by atoms with Gasteiger partial charge >= 0.3 is 0 Å². The Hall–Kier alpha value is -2.06. The fraction of sp³-hybridized carbons (Fsp3) is 0.647. The van der Waals surface area contributed by atoms with Crippen molar-refractivity contribution in [3.05, 3.63) is 41.0 Å². The number of phenols is 2. The first-order valence-electron chi connectivity index (χ1n) is 16.1. The first-order chi connectivity index (χ1) is 22.3. The first-order valence-corrected chi connectivity index (χ1v) is 18.6. The van der Waals surface area contributed by atoms with Gasteiger partial charge in [0.2, 0.25) is 5.75 Å². The molecule has 6 N–H and O–H groups in total. The summed E-state index contributed by atoms with van der Waals surface area (Å²) < 4.78 is 22.7. The number of aliphatic hydroxyl groups is 4. The number of aliphatic hydroxyl groups excluding tert-OH is 4. The van der Waals surface area contributed by atoms with E-state index in [4.69, 9.17) is 18.9 Å². The predicted octanol–water partition coefficient (Wildman–Crippen LogP) is 4.96. The lowest BCUT2D eigenvalue weighted by molar-refractivity contribution is -0.0808. The second-order valence-electron chi connectivity index (χ2n) is 12.3. The molecule has 1 fully saturated rings. The molecule has 1 aliphatic heterocycles. The second-order valence-corrected chi connectivity index (χ2v) is 14.8. The molecular weight excluding hydrogens is 632 g/mol. The molecule has 46 heavy (non-hydrogen) atoms. The van der Waals surface area contributed by atoms with E-state index in [-0.39, 0.29) is 42.1 Å². The number of fused-ring (bicyclic) bond motifs is 1. The minimum absolute atomic E-state index is 0.00800. The van der Waals surface area contributed by atoms with E-state index in [1.807, 2.05) is 6.07 Å². The zero-order valence-electron chi connectivity index (χ0n) is 26.8. The van der Waals surface area contributed by atoms with Crippen molar-refractivity contribution >= 4 is 21.6 Å². The van der Waals surface area contributed by atoms with E-state index in [1.54, 1.807) is 29.0 Å². The smallest absolute Gasteiger partial charge is 0.200 e. The van der Waals surface area contributed by atoms with Crippen LogP contribution in [0.1, 0.15) is 68.1 Å². The molecule has 0 saturated heterocycles. The van der Waals surface area contributed by atoms with Crippen molar-refractivity contribution in [1.29, 1.82) is 0 Å². The topological polar surface area (TPSA) is 158 Å². The molecule has 2 aromatic carbocycles. The third-order valence-corrected chi connectivity index (χ3v) is 11.5. The van der Waals surface area contributed by atoms with Crippen LogP contribution in [0.3, 0.4) is 0 Å². The van der Waals surface area contributed by atoms with E-state index in [0.29, 0.717) is 42.4 Å². The van der Waals surface area contributed by atoms with Crippen molar-refractivity contribution in [2.75, 3.05) is 33.4 Å². The van der Waals surface area contributed by atoms with Gasteiger partial charge in [0.1, 0.15) is 6.79 Å². The Morgan fingerprint density at radius 1 is 0.826 bits per heavy atom. The van der Waals surface area contributed by atoms with E-state index in [9.17, 15) is 30.6 Å². The Morgan fingerprint density at radius 2 is 1.59 bits per heavy atom. The van der Waals surface area contributed by atoms with Crippen LogP contribution in [0.2, 0.25) is 0 Å². The van der Waals surface area contributed by atoms with Crippen LogP contribution in [-0.4, -0.2) is 88.4 Å². The molecular formula is C34H50O10S2. The third kappa shape index (κ3) is 10.2. The summed E-state index contributed by atoms with van der Waals surface area (Å²) >= 11 is 0. The van der Waals surface area contributed by atoms with Gasteiger partial charge in [-0.3, -0.25) is 0 Å². The van der Waals surface area contributed by atoms with Crippen LogP contribution >= 0.6 is 21.6 Å². The molecule has 6 atom stereocenters. The van der Waals surface area contributed by atoms with Crippen LogP contribution in [-0.2, 0) is 23.3 Å². The number of hydrogen-bond acceptors (Lipinski definition) is 12. The van der Waals surface area contributed by atoms with Crippen molar-refractivity contribution in [1.82, 2.24) is 0 Å². The molecule has 0 amide bonds. The molecule has 0 aromatic heterocycles. The van der Waals surface area contributed by atoms with Gasteiger partial charge in [-0.25, -0.2) is 0 Å². The molecule has 1 aliphatic carbocycles. The fourth-order valence-corrected chi connectivity index (χ4v) is 8.93. The minimum atomic E-state index is -0.952. The summed E-state index contributed by atoms with van der Waals surface area (Å²) in [6.07, 6.45) is 5.07. The van der Waals surface area contributed by atoms with Gasteiger partial charge in [0.15, 0.2) is 23.0 Å². The van der Waals surface area contributed by atoms with Gasteiger partial charge in [0.25, 0.3) is 0 Å². The summed E-state index contributed by atoms with van der Waals surface area (Å²) in [5.74, 6) is 1.81. The predicted molar refractivity (Wildman–Crippen MR) is 180 cm³/mol. The van der Waals surface area contributed by atoms with Gasteiger partial charge < -0.3 is 49.6 Å². The molecule has 2 aliphatic rings. The highest BCUT2D eigenvalue weighted by molar-refractivity contribution is 8.76. The van der Waals surface area contributed by atoms with Crippen LogP contribution in [0.15, 0.2) is 24.3 Å². The quantitative estimate of drug-likeness (QED) is 0.140. The summed E-state index contributed by atoms with van der Waals surface area (Å²) in [7, 11) is 5.97. The first kappa shape index (κ1) is 36.8. The molecule has 10 nitrogen and oxygen atoms in total. The van der Waals surface area contributed by atoms with Crippen LogP contribution in [0.5, 0.6) is 28.7 Å². The number of rotatable bonds is 11. The summed E-state index contributed by atoms with van der Waals surface area (Å²) in [4.78, 5) is 0. The van der Waals surface area contributed by atoms with E-state index >= 15 is 0 Å². The highest BCUT2D eigenvalue weighted by Gasteiger charge is 2.31. The van der Waals surface area contributed by atoms with Gasteiger partial charge in [-0.15, -0.1) is 0 Å². The summed E-state index contributed by atoms with van der Waals surface area (Å²) in [5.41, 5.74) is 2.70. The Morgan fingerprint density at radius 3 is 2.28 bits per heavy atom. The molecule has 2 aromatic rings. The summed E-state index contributed by atoms with van der Waals surface area (Å²) in [5, 5.41) is 63.1. The van der Waals surface area contributed by atoms with Crippen molar-refractivity contribution < 1.29 is 49.6 Å². The van der Waals surface area contributed by atoms with Gasteiger partial charge in [-0.2, -0.15) is 0 Å². The zero-order chi connectivity index (χ0) is 33.1. The number of phenolic OH excluding ortho intramolecular Hbond substituents is 2. The highest BCUT2D eigenvalue weighted by atomic mass is 33.1. The zero-order valence-corrected chi connectivity index (χ0v) is 28.4. The normalized spacial score (nSPS) is 26.2. The van der Waals surface area contributed by atoms with Crippen LogP contribution < -0.4 is 14.2 Å². The average molecular weight is 683 g/mol. The van der Waals surface area contributed by atoms with Crippen molar-refractivity contribution in [3.8, 4) is 28.7 Å². The maximum absolute atomic E-state index is 11.5. The Balaban J connectivity index is 1.52. The lowest BCUT2D eigenvalue weighted by Crippen LogP contribution is -2.37. The molecule has 1 heterocycles. The molecule has 258 valence electrons. The Bertz CT molecular complexity index is 1210. The number of aryl methyl sites for hydroxylation is 1. The van der Waals surface area contributed by atoms with Gasteiger partial charge in [0, 0.05) is 24.0 Å². The Kier molecular flexibility index (Phi) is 14.8. The number of hydrogen-bond donors (Lipinski definition) is 6. The molecule has 0 spiro atoms. The van der Waals surface area contributed by atoms with E-state index in [1.165, 1.54) is 25.0 Å². The summed E-state index contributed by atoms with van der Waals surface area (Å²) in [6.45, 7) is -0.303. The maximum atomic E-state index is 11.5. The molecule has 12 heteroatoms. The fourth-order valence-electron chi connectivity index (χ4n) is 6.63. The lowest BCUT2D eigenvalue weighted by atomic mass is 9.84. The van der Waals surface area contributed by atoms with E-state index in [2.05, 4.69) is 0 Å². The highest BCUT2D eigenvalue weighted by Crippen LogP contribution is 2.41. The number of methoxy groups -OCH3 is 2. The monoisotopic (exact) mass is 682 g/mol. The summed E-state index contributed by atoms with van der Waals surface area (Å²) in [6, 6.07) is 7.04. The van der Waals surface area contributed by atoms with Crippen LogP contribution in [0, 0.1) is 11.8 Å². The maximum Gasteiger partial charge on any atom is 0.200 e. The van der Waals surface area contributed by atoms with Gasteiger partial charge in [-0.05, 0) is 105 Å². The Labute approximate surface area is 279 Å². The van der Waals surface area contributed by atoms with E-state index in [0.717, 1.165) is 55.2 Å². The number of ether oxygens (including phenoxy) is 4. The minimum Gasteiger partial charge on any atom is -0.504 e. The van der Waals surface area contributed by atoms with Gasteiger partial charge in [0.05, 0.1) is 38.6 Å².